The predicted molar refractivity (Wildman–Crippen MR) is 168 cm³/mol. The van der Waals surface area contributed by atoms with Crippen LogP contribution >= 0.6 is 0 Å². The quantitative estimate of drug-likeness (QED) is 0.253. The van der Waals surface area contributed by atoms with Crippen LogP contribution in [-0.4, -0.2) is 65.6 Å². The number of hydrogen-bond donors (Lipinski definition) is 0. The van der Waals surface area contributed by atoms with E-state index < -0.39 is 17.7 Å². The maximum Gasteiger partial charge on any atom is 0.410 e. The van der Waals surface area contributed by atoms with Gasteiger partial charge in [-0.05, 0) is 83.0 Å². The molecule has 45 heavy (non-hydrogen) atoms. The van der Waals surface area contributed by atoms with Gasteiger partial charge in [-0.25, -0.2) is 18.7 Å². The average molecular weight is 616 g/mol. The Morgan fingerprint density at radius 2 is 1.78 bits per heavy atom. The summed E-state index contributed by atoms with van der Waals surface area (Å²) in [6.45, 7) is 12.4. The molecule has 6 rings (SSSR count). The molecule has 0 spiro atoms. The van der Waals surface area contributed by atoms with E-state index in [2.05, 4.69) is 5.10 Å². The van der Waals surface area contributed by atoms with Gasteiger partial charge < -0.3 is 14.4 Å². The van der Waals surface area contributed by atoms with E-state index in [-0.39, 0.29) is 11.5 Å². The lowest BCUT2D eigenvalue weighted by Crippen LogP contribution is -2.42. The van der Waals surface area contributed by atoms with Gasteiger partial charge in [-0.15, -0.1) is 0 Å². The minimum absolute atomic E-state index is 0.286. The van der Waals surface area contributed by atoms with Crippen LogP contribution in [0.2, 0.25) is 0 Å². The number of fused-ring (bicyclic) bond motifs is 2. The van der Waals surface area contributed by atoms with Crippen LogP contribution < -0.4 is 5.69 Å². The van der Waals surface area contributed by atoms with Gasteiger partial charge in [0.25, 0.3) is 0 Å². The molecule has 0 aliphatic carbocycles. The minimum atomic E-state index is -0.664. The highest BCUT2D eigenvalue weighted by Gasteiger charge is 2.37. The van der Waals surface area contributed by atoms with Crippen LogP contribution in [0.4, 0.5) is 9.18 Å². The number of nitrogens with zero attached hydrogens (tertiary/aromatic N) is 7. The van der Waals surface area contributed by atoms with Crippen LogP contribution in [0.3, 0.4) is 0 Å². The Balaban J connectivity index is 1.49. The van der Waals surface area contributed by atoms with Crippen LogP contribution in [0.15, 0.2) is 53.7 Å². The number of carbonyl (C=O) groups is 1. The summed E-state index contributed by atoms with van der Waals surface area (Å²) in [5.41, 5.74) is 3.70. The van der Waals surface area contributed by atoms with Crippen molar-refractivity contribution in [3.63, 3.8) is 0 Å². The van der Waals surface area contributed by atoms with Crippen molar-refractivity contribution in [2.24, 2.45) is 0 Å². The molecule has 0 saturated carbocycles. The maximum absolute atomic E-state index is 14.7. The number of rotatable bonds is 6. The van der Waals surface area contributed by atoms with Crippen LogP contribution in [0, 0.1) is 19.7 Å². The molecule has 0 N–H and O–H groups in total. The van der Waals surface area contributed by atoms with Gasteiger partial charge in [-0.3, -0.25) is 13.8 Å². The summed E-state index contributed by atoms with van der Waals surface area (Å²) in [4.78, 5) is 29.1. The van der Waals surface area contributed by atoms with E-state index in [4.69, 9.17) is 14.6 Å². The standard InChI is InChI=1S/C33H38FN7O4/c1-20-16-25(17-21(2)29(20)34)41-30(28-22(3)37(11-10-26(28)36-41)32(43)45-33(4,5)6)39-13-12-38(31(39)42)24-8-9-27-23(18-24)19-35-40(27)14-15-44-7/h8-9,12-13,16-19,22H,10-11,14-15H2,1-7H3/t22-/m0/s1. The summed E-state index contributed by atoms with van der Waals surface area (Å²) in [6, 6.07) is 8.73. The first-order valence-electron chi connectivity index (χ1n) is 15.0. The molecule has 5 aromatic rings. The molecule has 1 aliphatic heterocycles. The zero-order valence-corrected chi connectivity index (χ0v) is 26.7. The molecule has 4 heterocycles. The van der Waals surface area contributed by atoms with Crippen LogP contribution in [0.25, 0.3) is 28.1 Å². The van der Waals surface area contributed by atoms with Crippen LogP contribution in [0.5, 0.6) is 0 Å². The smallest absolute Gasteiger partial charge is 0.410 e. The number of halogens is 1. The molecule has 1 aliphatic rings. The summed E-state index contributed by atoms with van der Waals surface area (Å²) < 4.78 is 32.3. The molecule has 1 atom stereocenters. The number of carbonyl (C=O) groups excluding carboxylic acids is 1. The van der Waals surface area contributed by atoms with Gasteiger partial charge >= 0.3 is 11.8 Å². The fourth-order valence-corrected chi connectivity index (χ4v) is 6.00. The molecule has 3 aromatic heterocycles. The van der Waals surface area contributed by atoms with E-state index in [0.29, 0.717) is 54.4 Å². The van der Waals surface area contributed by atoms with Crippen molar-refractivity contribution in [1.29, 1.82) is 0 Å². The van der Waals surface area contributed by atoms with E-state index >= 15 is 0 Å². The number of amides is 1. The molecular weight excluding hydrogens is 577 g/mol. The van der Waals surface area contributed by atoms with Gasteiger partial charge in [0.1, 0.15) is 17.2 Å². The van der Waals surface area contributed by atoms with Crippen molar-refractivity contribution in [3.05, 3.63) is 87.6 Å². The van der Waals surface area contributed by atoms with E-state index in [1.165, 1.54) is 0 Å². The first-order valence-corrected chi connectivity index (χ1v) is 15.0. The molecule has 0 saturated heterocycles. The Bertz CT molecular complexity index is 1950. The molecule has 0 unspecified atom stereocenters. The van der Waals surface area contributed by atoms with E-state index in [9.17, 15) is 14.0 Å². The zero-order valence-electron chi connectivity index (χ0n) is 26.7. The third-order valence-electron chi connectivity index (χ3n) is 8.16. The predicted octanol–water partition coefficient (Wildman–Crippen LogP) is 5.42. The van der Waals surface area contributed by atoms with Crippen molar-refractivity contribution in [3.8, 4) is 17.2 Å². The van der Waals surface area contributed by atoms with Crippen LogP contribution in [0.1, 0.15) is 56.1 Å². The lowest BCUT2D eigenvalue weighted by atomic mass is 10.00. The fraction of sp³-hybridized carbons (Fsp3) is 0.394. The highest BCUT2D eigenvalue weighted by Crippen LogP contribution is 2.36. The van der Waals surface area contributed by atoms with E-state index in [1.807, 2.05) is 50.6 Å². The summed E-state index contributed by atoms with van der Waals surface area (Å²) in [6.07, 6.45) is 5.22. The van der Waals surface area contributed by atoms with Gasteiger partial charge in [0, 0.05) is 43.4 Å². The second-order valence-corrected chi connectivity index (χ2v) is 12.5. The Morgan fingerprint density at radius 3 is 2.47 bits per heavy atom. The molecule has 0 fully saturated rings. The topological polar surface area (TPSA) is 101 Å². The molecule has 0 bridgehead atoms. The molecule has 0 radical (unpaired) electrons. The van der Waals surface area contributed by atoms with E-state index in [1.54, 1.807) is 70.4 Å². The van der Waals surface area contributed by atoms with E-state index in [0.717, 1.165) is 22.2 Å². The van der Waals surface area contributed by atoms with Crippen molar-refractivity contribution in [2.75, 3.05) is 20.3 Å². The van der Waals surface area contributed by atoms with Crippen molar-refractivity contribution in [1.82, 2.24) is 33.6 Å². The van der Waals surface area contributed by atoms with Gasteiger partial charge in [0.2, 0.25) is 0 Å². The maximum atomic E-state index is 14.7. The molecule has 2 aromatic carbocycles. The molecule has 12 heteroatoms. The highest BCUT2D eigenvalue weighted by molar-refractivity contribution is 5.81. The van der Waals surface area contributed by atoms with Crippen LogP contribution in [-0.2, 0) is 22.4 Å². The second kappa shape index (κ2) is 11.3. The Labute approximate surface area is 260 Å². The number of aromatic nitrogens is 6. The Hall–Kier alpha value is -4.71. The van der Waals surface area contributed by atoms with Crippen molar-refractivity contribution >= 4 is 17.0 Å². The zero-order chi connectivity index (χ0) is 32.2. The normalized spacial score (nSPS) is 15.1. The number of hydrogen-bond acceptors (Lipinski definition) is 6. The van der Waals surface area contributed by atoms with Gasteiger partial charge in [0.05, 0.1) is 48.0 Å². The summed E-state index contributed by atoms with van der Waals surface area (Å²) in [5.74, 6) is 0.208. The summed E-state index contributed by atoms with van der Waals surface area (Å²) in [5, 5.41) is 10.3. The number of benzene rings is 2. The summed E-state index contributed by atoms with van der Waals surface area (Å²) >= 11 is 0. The first kappa shape index (κ1) is 30.3. The number of ether oxygens (including phenoxy) is 2. The van der Waals surface area contributed by atoms with Gasteiger partial charge in [-0.2, -0.15) is 10.2 Å². The van der Waals surface area contributed by atoms with Crippen molar-refractivity contribution in [2.45, 2.75) is 66.2 Å². The highest BCUT2D eigenvalue weighted by atomic mass is 19.1. The lowest BCUT2D eigenvalue weighted by Gasteiger charge is -2.34. The third-order valence-corrected chi connectivity index (χ3v) is 8.16. The molecular formula is C33H38FN7O4. The minimum Gasteiger partial charge on any atom is -0.444 e. The molecule has 236 valence electrons. The average Bonchev–Trinajstić information content (AvgIpc) is 3.68. The molecule has 1 amide bonds. The first-order chi connectivity index (χ1) is 21.4. The Kier molecular flexibility index (Phi) is 7.64. The van der Waals surface area contributed by atoms with Gasteiger partial charge in [-0.1, -0.05) is 0 Å². The van der Waals surface area contributed by atoms with Gasteiger partial charge in [0.15, 0.2) is 0 Å². The monoisotopic (exact) mass is 615 g/mol. The Morgan fingerprint density at radius 1 is 1.07 bits per heavy atom. The number of methoxy groups -OCH3 is 1. The third kappa shape index (κ3) is 5.43. The summed E-state index contributed by atoms with van der Waals surface area (Å²) in [7, 11) is 1.65. The SMILES string of the molecule is COCCn1ncc2cc(-n3ccn(-c4c5c(nn4-c4cc(C)c(F)c(C)c4)CCN(C(=O)OC(C)(C)C)[C@H]5C)c3=O)ccc21. The largest absolute Gasteiger partial charge is 0.444 e. The number of aryl methyl sites for hydroxylation is 2. The number of imidazole rings is 1. The second-order valence-electron chi connectivity index (χ2n) is 12.5. The molecule has 11 nitrogen and oxygen atoms in total. The lowest BCUT2D eigenvalue weighted by molar-refractivity contribution is 0.0159. The fourth-order valence-electron chi connectivity index (χ4n) is 6.00. The van der Waals surface area contributed by atoms with Crippen molar-refractivity contribution < 1.29 is 18.7 Å².